The molecular weight excluding hydrogens is 460 g/mol. The van der Waals surface area contributed by atoms with E-state index in [9.17, 15) is 13.2 Å². The summed E-state index contributed by atoms with van der Waals surface area (Å²) < 4.78 is 32.7. The standard InChI is InChI=1S/C28H28N2O4S/c1-2-3-7-18-35(32,33)30-28(31)24-14-15-26-25(19-24)27(16-17-29-26)34-20-21-10-12-23(13-11-21)22-8-5-4-6-9-22/h4-6,8-17,19H,2-3,7,18,20H2,1H3,(H,30,31). The highest BCUT2D eigenvalue weighted by atomic mass is 32.2. The molecule has 4 aromatic rings. The van der Waals surface area contributed by atoms with E-state index in [4.69, 9.17) is 4.74 Å². The van der Waals surface area contributed by atoms with Crippen LogP contribution in [-0.4, -0.2) is 25.1 Å². The number of nitrogens with zero attached hydrogens (tertiary/aromatic N) is 1. The topological polar surface area (TPSA) is 85.4 Å². The monoisotopic (exact) mass is 488 g/mol. The minimum atomic E-state index is -3.68. The Morgan fingerprint density at radius 1 is 0.914 bits per heavy atom. The Hall–Kier alpha value is -3.71. The van der Waals surface area contributed by atoms with Crippen LogP contribution in [0.2, 0.25) is 0 Å². The summed E-state index contributed by atoms with van der Waals surface area (Å²) in [5.41, 5.74) is 4.18. The average Bonchev–Trinajstić information content (AvgIpc) is 2.87. The number of aromatic nitrogens is 1. The molecule has 1 N–H and O–H groups in total. The summed E-state index contributed by atoms with van der Waals surface area (Å²) in [5, 5.41) is 0.643. The van der Waals surface area contributed by atoms with Crippen molar-refractivity contribution in [1.82, 2.24) is 9.71 Å². The van der Waals surface area contributed by atoms with Gasteiger partial charge in [-0.3, -0.25) is 9.78 Å². The predicted molar refractivity (Wildman–Crippen MR) is 139 cm³/mol. The van der Waals surface area contributed by atoms with Crippen molar-refractivity contribution in [2.75, 3.05) is 5.75 Å². The van der Waals surface area contributed by atoms with Crippen LogP contribution < -0.4 is 9.46 Å². The second kappa shape index (κ2) is 11.1. The molecule has 3 aromatic carbocycles. The molecule has 1 heterocycles. The summed E-state index contributed by atoms with van der Waals surface area (Å²) in [6.07, 6.45) is 3.87. The maximum atomic E-state index is 12.6. The summed E-state index contributed by atoms with van der Waals surface area (Å²) in [6, 6.07) is 24.9. The molecule has 0 spiro atoms. The molecule has 180 valence electrons. The van der Waals surface area contributed by atoms with E-state index in [-0.39, 0.29) is 11.3 Å². The van der Waals surface area contributed by atoms with E-state index in [1.54, 1.807) is 30.5 Å². The van der Waals surface area contributed by atoms with Crippen molar-refractivity contribution in [1.29, 1.82) is 0 Å². The lowest BCUT2D eigenvalue weighted by Crippen LogP contribution is -2.32. The summed E-state index contributed by atoms with van der Waals surface area (Å²) in [7, 11) is -3.68. The van der Waals surface area contributed by atoms with Crippen LogP contribution in [-0.2, 0) is 16.6 Å². The fraction of sp³-hybridized carbons (Fsp3) is 0.214. The first kappa shape index (κ1) is 24.4. The fourth-order valence-electron chi connectivity index (χ4n) is 3.77. The smallest absolute Gasteiger partial charge is 0.264 e. The van der Waals surface area contributed by atoms with Crippen LogP contribution in [0.4, 0.5) is 0 Å². The molecule has 0 radical (unpaired) electrons. The number of unbranched alkanes of at least 4 members (excludes halogenated alkanes) is 2. The third-order valence-electron chi connectivity index (χ3n) is 5.68. The Kier molecular flexibility index (Phi) is 7.77. The molecule has 0 bridgehead atoms. The summed E-state index contributed by atoms with van der Waals surface area (Å²) in [6.45, 7) is 2.34. The van der Waals surface area contributed by atoms with Crippen molar-refractivity contribution in [3.63, 3.8) is 0 Å². The highest BCUT2D eigenvalue weighted by Gasteiger charge is 2.17. The zero-order valence-electron chi connectivity index (χ0n) is 19.6. The molecule has 6 nitrogen and oxygen atoms in total. The Balaban J connectivity index is 1.48. The number of hydrogen-bond acceptors (Lipinski definition) is 5. The van der Waals surface area contributed by atoms with E-state index < -0.39 is 15.9 Å². The van der Waals surface area contributed by atoms with E-state index in [0.29, 0.717) is 29.7 Å². The van der Waals surface area contributed by atoms with Gasteiger partial charge in [0.1, 0.15) is 12.4 Å². The van der Waals surface area contributed by atoms with Gasteiger partial charge in [-0.2, -0.15) is 0 Å². The van der Waals surface area contributed by atoms with Crippen molar-refractivity contribution >= 4 is 26.8 Å². The lowest BCUT2D eigenvalue weighted by molar-refractivity contribution is 0.0981. The summed E-state index contributed by atoms with van der Waals surface area (Å²) in [4.78, 5) is 17.0. The maximum Gasteiger partial charge on any atom is 0.264 e. The number of carbonyl (C=O) groups excluding carboxylic acids is 1. The first-order valence-corrected chi connectivity index (χ1v) is 13.3. The molecule has 4 rings (SSSR count). The van der Waals surface area contributed by atoms with Crippen LogP contribution in [0.25, 0.3) is 22.0 Å². The fourth-order valence-corrected chi connectivity index (χ4v) is 4.85. The zero-order valence-corrected chi connectivity index (χ0v) is 20.4. The molecule has 35 heavy (non-hydrogen) atoms. The van der Waals surface area contributed by atoms with Crippen LogP contribution in [0.3, 0.4) is 0 Å². The Bertz CT molecular complexity index is 1400. The van der Waals surface area contributed by atoms with Crippen LogP contribution in [0.15, 0.2) is 85.1 Å². The van der Waals surface area contributed by atoms with E-state index >= 15 is 0 Å². The van der Waals surface area contributed by atoms with Gasteiger partial charge >= 0.3 is 0 Å². The molecule has 1 amide bonds. The SMILES string of the molecule is CCCCCS(=O)(=O)NC(=O)c1ccc2nccc(OCc3ccc(-c4ccccc4)cc3)c2c1. The minimum absolute atomic E-state index is 0.0703. The van der Waals surface area contributed by atoms with E-state index in [1.807, 2.05) is 37.3 Å². The van der Waals surface area contributed by atoms with Crippen LogP contribution in [0.5, 0.6) is 5.75 Å². The quantitative estimate of drug-likeness (QED) is 0.288. The molecule has 7 heteroatoms. The van der Waals surface area contributed by atoms with Gasteiger partial charge in [-0.15, -0.1) is 0 Å². The van der Waals surface area contributed by atoms with Gasteiger partial charge in [0.15, 0.2) is 0 Å². The molecule has 0 unspecified atom stereocenters. The van der Waals surface area contributed by atoms with Gasteiger partial charge in [0.25, 0.3) is 5.91 Å². The second-order valence-corrected chi connectivity index (χ2v) is 10.2. The Labute approximate surface area is 206 Å². The van der Waals surface area contributed by atoms with Crippen molar-refractivity contribution in [2.45, 2.75) is 32.8 Å². The van der Waals surface area contributed by atoms with Crippen molar-refractivity contribution in [2.24, 2.45) is 0 Å². The molecule has 0 atom stereocenters. The van der Waals surface area contributed by atoms with Gasteiger partial charge < -0.3 is 4.74 Å². The van der Waals surface area contributed by atoms with Crippen molar-refractivity contribution in [3.05, 3.63) is 96.2 Å². The number of pyridine rings is 1. The Morgan fingerprint density at radius 2 is 1.66 bits per heavy atom. The normalized spacial score (nSPS) is 11.3. The number of sulfonamides is 1. The van der Waals surface area contributed by atoms with E-state index in [0.717, 1.165) is 29.5 Å². The lowest BCUT2D eigenvalue weighted by Gasteiger charge is -2.11. The van der Waals surface area contributed by atoms with E-state index in [2.05, 4.69) is 34.0 Å². The molecule has 0 aliphatic heterocycles. The summed E-state index contributed by atoms with van der Waals surface area (Å²) >= 11 is 0. The molecule has 0 aliphatic rings. The van der Waals surface area contributed by atoms with E-state index in [1.165, 1.54) is 0 Å². The Morgan fingerprint density at radius 3 is 2.40 bits per heavy atom. The first-order chi connectivity index (χ1) is 16.9. The molecule has 0 saturated heterocycles. The predicted octanol–water partition coefficient (Wildman–Crippen LogP) is 5.73. The molecule has 0 saturated carbocycles. The molecular formula is C28H28N2O4S. The third-order valence-corrected chi connectivity index (χ3v) is 7.01. The lowest BCUT2D eigenvalue weighted by atomic mass is 10.0. The third kappa shape index (κ3) is 6.45. The van der Waals surface area contributed by atoms with Gasteiger partial charge in [-0.1, -0.05) is 74.4 Å². The largest absolute Gasteiger partial charge is 0.488 e. The molecule has 1 aromatic heterocycles. The van der Waals surface area contributed by atoms with Crippen LogP contribution in [0.1, 0.15) is 42.1 Å². The number of nitrogens with one attached hydrogen (secondary N) is 1. The number of carbonyl (C=O) groups is 1. The van der Waals surface area contributed by atoms with Gasteiger partial charge in [0.05, 0.1) is 11.3 Å². The number of rotatable bonds is 10. The van der Waals surface area contributed by atoms with Gasteiger partial charge in [0.2, 0.25) is 10.0 Å². The maximum absolute atomic E-state index is 12.6. The highest BCUT2D eigenvalue weighted by Crippen LogP contribution is 2.26. The van der Waals surface area contributed by atoms with Crippen molar-refractivity contribution < 1.29 is 17.9 Å². The minimum Gasteiger partial charge on any atom is -0.488 e. The second-order valence-electron chi connectivity index (χ2n) is 8.35. The highest BCUT2D eigenvalue weighted by molar-refractivity contribution is 7.90. The van der Waals surface area contributed by atoms with Crippen LogP contribution in [0, 0.1) is 0 Å². The molecule has 0 aliphatic carbocycles. The number of fused-ring (bicyclic) bond motifs is 1. The average molecular weight is 489 g/mol. The van der Waals surface area contributed by atoms with Gasteiger partial charge in [0, 0.05) is 17.1 Å². The molecule has 0 fully saturated rings. The zero-order chi connectivity index (χ0) is 24.7. The number of hydrogen-bond donors (Lipinski definition) is 1. The van der Waals surface area contributed by atoms with Crippen molar-refractivity contribution in [3.8, 4) is 16.9 Å². The number of benzene rings is 3. The number of amides is 1. The van der Waals surface area contributed by atoms with Crippen LogP contribution >= 0.6 is 0 Å². The van der Waals surface area contributed by atoms with Gasteiger partial charge in [-0.25, -0.2) is 13.1 Å². The van der Waals surface area contributed by atoms with Gasteiger partial charge in [-0.05, 0) is 47.4 Å². The summed E-state index contributed by atoms with van der Waals surface area (Å²) in [5.74, 6) is -0.156. The first-order valence-electron chi connectivity index (χ1n) is 11.7. The number of ether oxygens (including phenoxy) is 1.